The van der Waals surface area contributed by atoms with Gasteiger partial charge >= 0.3 is 0 Å². The van der Waals surface area contributed by atoms with Crippen LogP contribution in [0, 0.1) is 0 Å². The number of carbonyl (C=O) groups excluding carboxylic acids is 1. The molecule has 1 saturated heterocycles. The average molecular weight is 156 g/mol. The molecule has 0 aliphatic carbocycles. The molecule has 62 valence electrons. The SMILES string of the molecule is CC(C)N1CCC(=NO)C1=O. The van der Waals surface area contributed by atoms with Crippen molar-refractivity contribution in [1.29, 1.82) is 0 Å². The van der Waals surface area contributed by atoms with Gasteiger partial charge in [-0.25, -0.2) is 0 Å². The predicted octanol–water partition coefficient (Wildman–Crippen LogP) is 0.457. The van der Waals surface area contributed by atoms with Crippen molar-refractivity contribution in [2.75, 3.05) is 6.54 Å². The lowest BCUT2D eigenvalue weighted by Crippen LogP contribution is -2.33. The minimum absolute atomic E-state index is 0.137. The Bertz CT molecular complexity index is 199. The van der Waals surface area contributed by atoms with Gasteiger partial charge in [-0.2, -0.15) is 0 Å². The second-order valence-electron chi connectivity index (χ2n) is 2.89. The molecular weight excluding hydrogens is 144 g/mol. The Labute approximate surface area is 65.5 Å². The van der Waals surface area contributed by atoms with Crippen molar-refractivity contribution >= 4 is 11.6 Å². The van der Waals surface area contributed by atoms with Gasteiger partial charge in [0.15, 0.2) is 0 Å². The first-order chi connectivity index (χ1) is 5.16. The molecule has 1 amide bonds. The summed E-state index contributed by atoms with van der Waals surface area (Å²) >= 11 is 0. The zero-order valence-corrected chi connectivity index (χ0v) is 6.74. The largest absolute Gasteiger partial charge is 0.410 e. The fraction of sp³-hybridized carbons (Fsp3) is 0.714. The highest BCUT2D eigenvalue weighted by Gasteiger charge is 2.29. The van der Waals surface area contributed by atoms with E-state index in [1.807, 2.05) is 13.8 Å². The van der Waals surface area contributed by atoms with Crippen molar-refractivity contribution in [3.05, 3.63) is 0 Å². The number of hydrogen-bond donors (Lipinski definition) is 1. The van der Waals surface area contributed by atoms with E-state index in [0.29, 0.717) is 13.0 Å². The summed E-state index contributed by atoms with van der Waals surface area (Å²) in [6.07, 6.45) is 0.563. The van der Waals surface area contributed by atoms with Crippen molar-refractivity contribution in [1.82, 2.24) is 4.90 Å². The van der Waals surface area contributed by atoms with Crippen molar-refractivity contribution in [2.24, 2.45) is 5.16 Å². The van der Waals surface area contributed by atoms with Gasteiger partial charge < -0.3 is 10.1 Å². The minimum Gasteiger partial charge on any atom is -0.410 e. The van der Waals surface area contributed by atoms with E-state index in [4.69, 9.17) is 5.21 Å². The Morgan fingerprint density at radius 3 is 2.55 bits per heavy atom. The third-order valence-corrected chi connectivity index (χ3v) is 1.84. The van der Waals surface area contributed by atoms with Gasteiger partial charge in [-0.1, -0.05) is 5.16 Å². The summed E-state index contributed by atoms with van der Waals surface area (Å²) in [5.74, 6) is -0.137. The van der Waals surface area contributed by atoms with Gasteiger partial charge in [0, 0.05) is 19.0 Å². The van der Waals surface area contributed by atoms with Crippen LogP contribution < -0.4 is 0 Å². The predicted molar refractivity (Wildman–Crippen MR) is 40.7 cm³/mol. The average Bonchev–Trinajstić information content (AvgIpc) is 2.30. The van der Waals surface area contributed by atoms with E-state index in [1.54, 1.807) is 4.90 Å². The molecule has 0 aromatic carbocycles. The molecule has 11 heavy (non-hydrogen) atoms. The molecule has 0 aromatic heterocycles. The Kier molecular flexibility index (Phi) is 2.12. The van der Waals surface area contributed by atoms with E-state index in [-0.39, 0.29) is 17.7 Å². The van der Waals surface area contributed by atoms with Crippen LogP contribution in [0.3, 0.4) is 0 Å². The topological polar surface area (TPSA) is 52.9 Å². The summed E-state index contributed by atoms with van der Waals surface area (Å²) in [6, 6.07) is 0.196. The maximum atomic E-state index is 11.2. The zero-order chi connectivity index (χ0) is 8.43. The molecule has 0 aromatic rings. The molecule has 4 nitrogen and oxygen atoms in total. The van der Waals surface area contributed by atoms with Gasteiger partial charge in [-0.3, -0.25) is 4.79 Å². The van der Waals surface area contributed by atoms with E-state index in [1.165, 1.54) is 0 Å². The fourth-order valence-electron chi connectivity index (χ4n) is 1.19. The molecular formula is C7H12N2O2. The van der Waals surface area contributed by atoms with E-state index < -0.39 is 0 Å². The summed E-state index contributed by atoms with van der Waals surface area (Å²) in [5, 5.41) is 11.3. The lowest BCUT2D eigenvalue weighted by molar-refractivity contribution is -0.124. The summed E-state index contributed by atoms with van der Waals surface area (Å²) in [6.45, 7) is 4.56. The highest BCUT2D eigenvalue weighted by molar-refractivity contribution is 6.40. The lowest BCUT2D eigenvalue weighted by Gasteiger charge is -2.18. The number of likely N-dealkylation sites (tertiary alicyclic amines) is 1. The fourth-order valence-corrected chi connectivity index (χ4v) is 1.19. The van der Waals surface area contributed by atoms with E-state index in [9.17, 15) is 4.79 Å². The maximum Gasteiger partial charge on any atom is 0.271 e. The van der Waals surface area contributed by atoms with Crippen LogP contribution in [0.15, 0.2) is 5.16 Å². The molecule has 1 aliphatic heterocycles. The molecule has 0 atom stereocenters. The number of oxime groups is 1. The van der Waals surface area contributed by atoms with Gasteiger partial charge in [-0.15, -0.1) is 0 Å². The standard InChI is InChI=1S/C7H12N2O2/c1-5(2)9-4-3-6(8-11)7(9)10/h5,11H,3-4H2,1-2H3. The number of carbonyl (C=O) groups is 1. The molecule has 4 heteroatoms. The maximum absolute atomic E-state index is 11.2. The number of hydrogen-bond acceptors (Lipinski definition) is 3. The summed E-state index contributed by atoms with van der Waals surface area (Å²) in [5.41, 5.74) is 0.277. The summed E-state index contributed by atoms with van der Waals surface area (Å²) < 4.78 is 0. The molecule has 1 fully saturated rings. The van der Waals surface area contributed by atoms with Crippen LogP contribution in [0.1, 0.15) is 20.3 Å². The zero-order valence-electron chi connectivity index (χ0n) is 6.74. The van der Waals surface area contributed by atoms with E-state index in [2.05, 4.69) is 5.16 Å². The first-order valence-corrected chi connectivity index (χ1v) is 3.68. The first-order valence-electron chi connectivity index (χ1n) is 3.68. The van der Waals surface area contributed by atoms with Gasteiger partial charge in [0.25, 0.3) is 5.91 Å². The quantitative estimate of drug-likeness (QED) is 0.443. The second kappa shape index (κ2) is 2.90. The molecule has 0 radical (unpaired) electrons. The molecule has 1 aliphatic rings. The number of rotatable bonds is 1. The van der Waals surface area contributed by atoms with Gasteiger partial charge in [0.1, 0.15) is 5.71 Å². The Morgan fingerprint density at radius 1 is 1.64 bits per heavy atom. The van der Waals surface area contributed by atoms with Gasteiger partial charge in [-0.05, 0) is 13.8 Å². The van der Waals surface area contributed by atoms with Gasteiger partial charge in [0.05, 0.1) is 0 Å². The van der Waals surface area contributed by atoms with Crippen LogP contribution >= 0.6 is 0 Å². The van der Waals surface area contributed by atoms with Crippen LogP contribution in [-0.2, 0) is 4.79 Å². The van der Waals surface area contributed by atoms with Crippen molar-refractivity contribution in [2.45, 2.75) is 26.3 Å². The van der Waals surface area contributed by atoms with Crippen LogP contribution in [0.2, 0.25) is 0 Å². The number of amides is 1. The molecule has 0 saturated carbocycles. The van der Waals surface area contributed by atoms with Crippen molar-refractivity contribution in [3.63, 3.8) is 0 Å². The Hall–Kier alpha value is -1.06. The van der Waals surface area contributed by atoms with Gasteiger partial charge in [0.2, 0.25) is 0 Å². The van der Waals surface area contributed by atoms with E-state index >= 15 is 0 Å². The second-order valence-corrected chi connectivity index (χ2v) is 2.89. The van der Waals surface area contributed by atoms with Crippen LogP contribution in [-0.4, -0.2) is 34.3 Å². The van der Waals surface area contributed by atoms with Crippen LogP contribution in [0.5, 0.6) is 0 Å². The minimum atomic E-state index is -0.137. The molecule has 1 heterocycles. The molecule has 0 unspecified atom stereocenters. The van der Waals surface area contributed by atoms with Crippen molar-refractivity contribution < 1.29 is 10.0 Å². The molecule has 0 spiro atoms. The Morgan fingerprint density at radius 2 is 2.27 bits per heavy atom. The normalized spacial score (nSPS) is 22.3. The van der Waals surface area contributed by atoms with Crippen LogP contribution in [0.25, 0.3) is 0 Å². The van der Waals surface area contributed by atoms with Crippen molar-refractivity contribution in [3.8, 4) is 0 Å². The summed E-state index contributed by atoms with van der Waals surface area (Å²) in [7, 11) is 0. The molecule has 0 bridgehead atoms. The third-order valence-electron chi connectivity index (χ3n) is 1.84. The Balaban J connectivity index is 2.71. The monoisotopic (exact) mass is 156 g/mol. The third kappa shape index (κ3) is 1.34. The molecule has 1 N–H and O–H groups in total. The first kappa shape index (κ1) is 8.04. The van der Waals surface area contributed by atoms with E-state index in [0.717, 1.165) is 0 Å². The number of nitrogens with zero attached hydrogens (tertiary/aromatic N) is 2. The highest BCUT2D eigenvalue weighted by Crippen LogP contribution is 2.10. The highest BCUT2D eigenvalue weighted by atomic mass is 16.4. The van der Waals surface area contributed by atoms with Crippen LogP contribution in [0.4, 0.5) is 0 Å². The summed E-state index contributed by atoms with van der Waals surface area (Å²) in [4.78, 5) is 12.9. The smallest absolute Gasteiger partial charge is 0.271 e. The lowest BCUT2D eigenvalue weighted by atomic mass is 10.3. The molecule has 1 rings (SSSR count).